The SMILES string of the molecule is CCCCCC.O=C1OCC2C3CCC(O3)C12. The molecule has 3 heteroatoms. The molecule has 3 heterocycles. The van der Waals surface area contributed by atoms with E-state index in [4.69, 9.17) is 9.47 Å². The van der Waals surface area contributed by atoms with Gasteiger partial charge in [-0.15, -0.1) is 0 Å². The first-order valence-electron chi connectivity index (χ1n) is 7.10. The van der Waals surface area contributed by atoms with E-state index in [2.05, 4.69) is 13.8 Å². The number of carbonyl (C=O) groups excluding carboxylic acids is 1. The molecule has 4 unspecified atom stereocenters. The van der Waals surface area contributed by atoms with Gasteiger partial charge in [-0.2, -0.15) is 0 Å². The predicted octanol–water partition coefficient (Wildman–Crippen LogP) is 2.92. The Morgan fingerprint density at radius 2 is 1.76 bits per heavy atom. The van der Waals surface area contributed by atoms with Crippen LogP contribution in [0.3, 0.4) is 0 Å². The van der Waals surface area contributed by atoms with Crippen LogP contribution in [0.4, 0.5) is 0 Å². The number of esters is 1. The van der Waals surface area contributed by atoms with Gasteiger partial charge in [-0.1, -0.05) is 39.5 Å². The maximum atomic E-state index is 11.1. The Hall–Kier alpha value is -0.570. The molecule has 0 aromatic carbocycles. The summed E-state index contributed by atoms with van der Waals surface area (Å²) < 4.78 is 10.6. The summed E-state index contributed by atoms with van der Waals surface area (Å²) in [5.41, 5.74) is 0. The zero-order valence-corrected chi connectivity index (χ0v) is 11.0. The van der Waals surface area contributed by atoms with Crippen molar-refractivity contribution in [2.45, 2.75) is 64.6 Å². The van der Waals surface area contributed by atoms with E-state index in [9.17, 15) is 4.79 Å². The van der Waals surface area contributed by atoms with Crippen molar-refractivity contribution in [2.24, 2.45) is 11.8 Å². The number of fused-ring (bicyclic) bond motifs is 5. The molecule has 0 aromatic rings. The third-order valence-corrected chi connectivity index (χ3v) is 4.07. The largest absolute Gasteiger partial charge is 0.465 e. The molecule has 0 saturated carbocycles. The first-order chi connectivity index (χ1) is 8.27. The van der Waals surface area contributed by atoms with E-state index >= 15 is 0 Å². The molecule has 0 aliphatic carbocycles. The minimum Gasteiger partial charge on any atom is -0.465 e. The third-order valence-electron chi connectivity index (χ3n) is 4.07. The number of carbonyl (C=O) groups is 1. The Morgan fingerprint density at radius 3 is 2.35 bits per heavy atom. The Kier molecular flexibility index (Phi) is 4.43. The average molecular weight is 240 g/mol. The highest BCUT2D eigenvalue weighted by Crippen LogP contribution is 2.46. The number of cyclic esters (lactones) is 1. The fraction of sp³-hybridized carbons (Fsp3) is 0.929. The molecular weight excluding hydrogens is 216 g/mol. The molecule has 0 N–H and O–H groups in total. The number of ether oxygens (including phenoxy) is 2. The van der Waals surface area contributed by atoms with Crippen molar-refractivity contribution in [3.05, 3.63) is 0 Å². The molecule has 17 heavy (non-hydrogen) atoms. The van der Waals surface area contributed by atoms with Crippen molar-refractivity contribution in [1.82, 2.24) is 0 Å². The Bertz CT molecular complexity index is 260. The van der Waals surface area contributed by atoms with Crippen LogP contribution in [0.25, 0.3) is 0 Å². The van der Waals surface area contributed by atoms with Crippen LogP contribution in [0.2, 0.25) is 0 Å². The van der Waals surface area contributed by atoms with Crippen LogP contribution in [0, 0.1) is 11.8 Å². The van der Waals surface area contributed by atoms with Gasteiger partial charge in [0, 0.05) is 5.92 Å². The molecule has 3 nitrogen and oxygen atoms in total. The lowest BCUT2D eigenvalue weighted by atomic mass is 9.81. The van der Waals surface area contributed by atoms with E-state index < -0.39 is 0 Å². The second-order valence-corrected chi connectivity index (χ2v) is 5.32. The lowest BCUT2D eigenvalue weighted by Crippen LogP contribution is -2.27. The molecule has 3 rings (SSSR count). The summed E-state index contributed by atoms with van der Waals surface area (Å²) >= 11 is 0. The molecule has 0 spiro atoms. The van der Waals surface area contributed by atoms with Crippen LogP contribution in [0.15, 0.2) is 0 Å². The average Bonchev–Trinajstić information content (AvgIpc) is 3.01. The molecule has 98 valence electrons. The standard InChI is InChI=1S/C8H10O3.C6H14/c9-8-7-4(3-10-8)5-1-2-6(7)11-5;1-3-5-6-4-2/h4-7H,1-3H2;3-6H2,1-2H3. The van der Waals surface area contributed by atoms with E-state index in [1.54, 1.807) is 0 Å². The molecule has 2 bridgehead atoms. The minimum atomic E-state index is -0.0257. The van der Waals surface area contributed by atoms with Crippen LogP contribution >= 0.6 is 0 Å². The van der Waals surface area contributed by atoms with Crippen molar-refractivity contribution in [1.29, 1.82) is 0 Å². The normalized spacial score (nSPS) is 37.4. The molecule has 3 fully saturated rings. The summed E-state index contributed by atoms with van der Waals surface area (Å²) in [5.74, 6) is 0.456. The van der Waals surface area contributed by atoms with Crippen molar-refractivity contribution < 1.29 is 14.3 Å². The van der Waals surface area contributed by atoms with Gasteiger partial charge in [0.1, 0.15) is 0 Å². The lowest BCUT2D eigenvalue weighted by molar-refractivity contribution is -0.143. The van der Waals surface area contributed by atoms with Gasteiger partial charge >= 0.3 is 5.97 Å². The van der Waals surface area contributed by atoms with Crippen LogP contribution in [0.1, 0.15) is 52.4 Å². The highest BCUT2D eigenvalue weighted by atomic mass is 16.6. The summed E-state index contributed by atoms with van der Waals surface area (Å²) in [6.07, 6.45) is 8.24. The van der Waals surface area contributed by atoms with Crippen molar-refractivity contribution in [2.75, 3.05) is 6.61 Å². The third kappa shape index (κ3) is 2.65. The Balaban J connectivity index is 0.000000157. The molecule has 0 aromatic heterocycles. The second kappa shape index (κ2) is 5.85. The van der Waals surface area contributed by atoms with Crippen LogP contribution in [0.5, 0.6) is 0 Å². The second-order valence-electron chi connectivity index (χ2n) is 5.32. The first kappa shape index (κ1) is 12.9. The summed E-state index contributed by atoms with van der Waals surface area (Å²) in [4.78, 5) is 11.1. The fourth-order valence-corrected chi connectivity index (χ4v) is 3.09. The van der Waals surface area contributed by atoms with E-state index in [0.29, 0.717) is 18.6 Å². The maximum Gasteiger partial charge on any atom is 0.312 e. The molecule has 3 aliphatic rings. The number of unbranched alkanes of at least 4 members (excludes halogenated alkanes) is 3. The van der Waals surface area contributed by atoms with Crippen LogP contribution < -0.4 is 0 Å². The summed E-state index contributed by atoms with van der Waals surface area (Å²) in [7, 11) is 0. The van der Waals surface area contributed by atoms with Crippen molar-refractivity contribution in [3.8, 4) is 0 Å². The van der Waals surface area contributed by atoms with Gasteiger partial charge in [-0.25, -0.2) is 0 Å². The van der Waals surface area contributed by atoms with Gasteiger partial charge in [0.05, 0.1) is 24.7 Å². The number of rotatable bonds is 3. The van der Waals surface area contributed by atoms with Crippen LogP contribution in [-0.2, 0) is 14.3 Å². The summed E-state index contributed by atoms with van der Waals surface area (Å²) in [6.45, 7) is 5.07. The summed E-state index contributed by atoms with van der Waals surface area (Å²) in [6, 6.07) is 0. The predicted molar refractivity (Wildman–Crippen MR) is 65.7 cm³/mol. The number of hydrogen-bond acceptors (Lipinski definition) is 3. The molecule has 3 aliphatic heterocycles. The Morgan fingerprint density at radius 1 is 1.12 bits per heavy atom. The van der Waals surface area contributed by atoms with Gasteiger partial charge in [-0.05, 0) is 12.8 Å². The molecule has 0 radical (unpaired) electrons. The monoisotopic (exact) mass is 240 g/mol. The van der Waals surface area contributed by atoms with E-state index in [1.165, 1.54) is 25.7 Å². The van der Waals surface area contributed by atoms with Crippen molar-refractivity contribution >= 4 is 5.97 Å². The topological polar surface area (TPSA) is 35.5 Å². The maximum absolute atomic E-state index is 11.1. The van der Waals surface area contributed by atoms with Gasteiger partial charge < -0.3 is 9.47 Å². The molecule has 3 saturated heterocycles. The molecular formula is C14H24O3. The Labute approximate surface area is 104 Å². The van der Waals surface area contributed by atoms with Crippen LogP contribution in [-0.4, -0.2) is 24.8 Å². The quantitative estimate of drug-likeness (QED) is 0.562. The lowest BCUT2D eigenvalue weighted by Gasteiger charge is -2.14. The highest BCUT2D eigenvalue weighted by Gasteiger charge is 2.56. The van der Waals surface area contributed by atoms with Gasteiger partial charge in [0.25, 0.3) is 0 Å². The van der Waals surface area contributed by atoms with E-state index in [0.717, 1.165) is 12.8 Å². The zero-order valence-electron chi connectivity index (χ0n) is 11.0. The van der Waals surface area contributed by atoms with Gasteiger partial charge in [-0.3, -0.25) is 4.79 Å². The zero-order chi connectivity index (χ0) is 12.3. The minimum absolute atomic E-state index is 0.0257. The van der Waals surface area contributed by atoms with Crippen molar-refractivity contribution in [3.63, 3.8) is 0 Å². The number of hydrogen-bond donors (Lipinski definition) is 0. The smallest absolute Gasteiger partial charge is 0.312 e. The van der Waals surface area contributed by atoms with E-state index in [1.807, 2.05) is 0 Å². The molecule has 4 atom stereocenters. The highest BCUT2D eigenvalue weighted by molar-refractivity contribution is 5.76. The fourth-order valence-electron chi connectivity index (χ4n) is 3.09. The molecule has 0 amide bonds. The van der Waals surface area contributed by atoms with E-state index in [-0.39, 0.29) is 18.0 Å². The van der Waals surface area contributed by atoms with Gasteiger partial charge in [0.15, 0.2) is 0 Å². The van der Waals surface area contributed by atoms with Gasteiger partial charge in [0.2, 0.25) is 0 Å². The summed E-state index contributed by atoms with van der Waals surface area (Å²) in [5, 5.41) is 0. The first-order valence-corrected chi connectivity index (χ1v) is 7.10.